The Hall–Kier alpha value is -2.23. The molecule has 0 unspecified atom stereocenters. The number of primary sulfonamides is 1. The Labute approximate surface area is 146 Å². The molecule has 24 heavy (non-hydrogen) atoms. The van der Waals surface area contributed by atoms with Gasteiger partial charge in [-0.2, -0.15) is 0 Å². The van der Waals surface area contributed by atoms with Gasteiger partial charge in [0.25, 0.3) is 5.91 Å². The number of oxazole rings is 1. The SMILES string of the molecule is Cc1nc2cc(NC(=O)c3cc(S(N)(=O)=O)ccc3Br)ccc2o1. The third kappa shape index (κ3) is 3.32. The van der Waals surface area contributed by atoms with Gasteiger partial charge >= 0.3 is 0 Å². The highest BCUT2D eigenvalue weighted by molar-refractivity contribution is 9.10. The molecule has 3 N–H and O–H groups in total. The maximum atomic E-state index is 12.4. The molecule has 0 saturated heterocycles. The lowest BCUT2D eigenvalue weighted by Crippen LogP contribution is -2.16. The van der Waals surface area contributed by atoms with Crippen molar-refractivity contribution in [3.05, 3.63) is 52.3 Å². The normalized spacial score (nSPS) is 11.6. The summed E-state index contributed by atoms with van der Waals surface area (Å²) < 4.78 is 28.7. The van der Waals surface area contributed by atoms with Crippen LogP contribution in [0.25, 0.3) is 11.1 Å². The minimum absolute atomic E-state index is 0.140. The lowest BCUT2D eigenvalue weighted by Gasteiger charge is -2.08. The zero-order valence-corrected chi connectivity index (χ0v) is 14.8. The lowest BCUT2D eigenvalue weighted by atomic mass is 10.2. The van der Waals surface area contributed by atoms with Gasteiger partial charge in [0.1, 0.15) is 5.52 Å². The van der Waals surface area contributed by atoms with Crippen LogP contribution >= 0.6 is 15.9 Å². The van der Waals surface area contributed by atoms with Gasteiger partial charge in [0.05, 0.1) is 10.5 Å². The van der Waals surface area contributed by atoms with Gasteiger partial charge in [-0.3, -0.25) is 4.79 Å². The second kappa shape index (κ2) is 6.00. The van der Waals surface area contributed by atoms with E-state index in [1.54, 1.807) is 25.1 Å². The van der Waals surface area contributed by atoms with E-state index in [-0.39, 0.29) is 10.5 Å². The molecule has 0 atom stereocenters. The predicted molar refractivity (Wildman–Crippen MR) is 92.2 cm³/mol. The Morgan fingerprint density at radius 1 is 1.25 bits per heavy atom. The van der Waals surface area contributed by atoms with Gasteiger partial charge in [0, 0.05) is 17.1 Å². The van der Waals surface area contributed by atoms with Crippen molar-refractivity contribution in [2.75, 3.05) is 5.32 Å². The molecule has 0 aliphatic carbocycles. The summed E-state index contributed by atoms with van der Waals surface area (Å²) in [5.74, 6) is 0.0454. The fourth-order valence-electron chi connectivity index (χ4n) is 2.17. The first-order valence-electron chi connectivity index (χ1n) is 6.75. The molecule has 9 heteroatoms. The Kier molecular flexibility index (Phi) is 4.16. The molecule has 3 rings (SSSR count). The minimum Gasteiger partial charge on any atom is -0.441 e. The van der Waals surface area contributed by atoms with Crippen molar-refractivity contribution < 1.29 is 17.6 Å². The van der Waals surface area contributed by atoms with Gasteiger partial charge < -0.3 is 9.73 Å². The van der Waals surface area contributed by atoms with E-state index in [0.717, 1.165) is 0 Å². The van der Waals surface area contributed by atoms with Crippen LogP contribution in [0.2, 0.25) is 0 Å². The van der Waals surface area contributed by atoms with Crippen LogP contribution in [0.5, 0.6) is 0 Å². The Morgan fingerprint density at radius 3 is 2.71 bits per heavy atom. The zero-order valence-electron chi connectivity index (χ0n) is 12.4. The molecule has 3 aromatic rings. The van der Waals surface area contributed by atoms with Crippen LogP contribution in [0.4, 0.5) is 5.69 Å². The van der Waals surface area contributed by atoms with E-state index in [4.69, 9.17) is 9.56 Å². The van der Waals surface area contributed by atoms with E-state index < -0.39 is 15.9 Å². The van der Waals surface area contributed by atoms with Crippen LogP contribution in [0, 0.1) is 6.92 Å². The van der Waals surface area contributed by atoms with Gasteiger partial charge in [-0.1, -0.05) is 0 Å². The van der Waals surface area contributed by atoms with Crippen molar-refractivity contribution in [1.29, 1.82) is 0 Å². The first-order valence-corrected chi connectivity index (χ1v) is 9.09. The summed E-state index contributed by atoms with van der Waals surface area (Å²) in [6, 6.07) is 9.02. The molecular formula is C15H12BrN3O4S. The van der Waals surface area contributed by atoms with Gasteiger partial charge in [-0.25, -0.2) is 18.5 Å². The van der Waals surface area contributed by atoms with Crippen molar-refractivity contribution in [1.82, 2.24) is 4.98 Å². The zero-order chi connectivity index (χ0) is 17.5. The summed E-state index contributed by atoms with van der Waals surface area (Å²) in [5.41, 5.74) is 1.89. The van der Waals surface area contributed by atoms with Crippen LogP contribution < -0.4 is 10.5 Å². The van der Waals surface area contributed by atoms with Crippen molar-refractivity contribution in [3.8, 4) is 0 Å². The van der Waals surface area contributed by atoms with Crippen LogP contribution in [-0.2, 0) is 10.0 Å². The van der Waals surface area contributed by atoms with Gasteiger partial charge in [0.2, 0.25) is 10.0 Å². The number of anilines is 1. The van der Waals surface area contributed by atoms with Crippen LogP contribution in [-0.4, -0.2) is 19.3 Å². The number of nitrogens with one attached hydrogen (secondary N) is 1. The average Bonchev–Trinajstić information content (AvgIpc) is 2.85. The summed E-state index contributed by atoms with van der Waals surface area (Å²) >= 11 is 3.23. The quantitative estimate of drug-likeness (QED) is 0.689. The van der Waals surface area contributed by atoms with Crippen LogP contribution in [0.1, 0.15) is 16.2 Å². The molecule has 0 radical (unpaired) electrons. The number of nitrogens with two attached hydrogens (primary N) is 1. The number of nitrogens with zero attached hydrogens (tertiary/aromatic N) is 1. The largest absolute Gasteiger partial charge is 0.441 e. The lowest BCUT2D eigenvalue weighted by molar-refractivity contribution is 0.102. The number of hydrogen-bond donors (Lipinski definition) is 2. The smallest absolute Gasteiger partial charge is 0.256 e. The van der Waals surface area contributed by atoms with Crippen molar-refractivity contribution in [3.63, 3.8) is 0 Å². The number of sulfonamides is 1. The molecule has 1 heterocycles. The van der Waals surface area contributed by atoms with E-state index in [2.05, 4.69) is 26.2 Å². The van der Waals surface area contributed by atoms with Crippen molar-refractivity contribution in [2.45, 2.75) is 11.8 Å². The third-order valence-electron chi connectivity index (χ3n) is 3.26. The molecule has 1 aromatic heterocycles. The Bertz CT molecular complexity index is 1060. The van der Waals surface area contributed by atoms with E-state index in [0.29, 0.717) is 27.2 Å². The number of halogens is 1. The fourth-order valence-corrected chi connectivity index (χ4v) is 3.14. The molecule has 0 spiro atoms. The average molecular weight is 410 g/mol. The number of rotatable bonds is 3. The molecule has 124 valence electrons. The molecular weight excluding hydrogens is 398 g/mol. The molecule has 0 fully saturated rings. The highest BCUT2D eigenvalue weighted by Crippen LogP contribution is 2.23. The van der Waals surface area contributed by atoms with Gasteiger partial charge in [0.15, 0.2) is 11.5 Å². The summed E-state index contributed by atoms with van der Waals surface area (Å²) in [5, 5.41) is 7.79. The molecule has 0 bridgehead atoms. The second-order valence-electron chi connectivity index (χ2n) is 5.06. The molecule has 2 aromatic carbocycles. The predicted octanol–water partition coefficient (Wildman–Crippen LogP) is 2.80. The van der Waals surface area contributed by atoms with Crippen molar-refractivity contribution in [2.24, 2.45) is 5.14 Å². The maximum absolute atomic E-state index is 12.4. The van der Waals surface area contributed by atoms with E-state index in [9.17, 15) is 13.2 Å². The molecule has 0 saturated carbocycles. The molecule has 0 aliphatic heterocycles. The van der Waals surface area contributed by atoms with Gasteiger partial charge in [-0.15, -0.1) is 0 Å². The first kappa shape index (κ1) is 16.6. The van der Waals surface area contributed by atoms with Crippen molar-refractivity contribution >= 4 is 48.6 Å². The standard InChI is InChI=1S/C15H12BrN3O4S/c1-8-18-13-6-9(2-5-14(13)23-8)19-15(20)11-7-10(24(17,21)22)3-4-12(11)16/h2-7H,1H3,(H,19,20)(H2,17,21,22). The maximum Gasteiger partial charge on any atom is 0.256 e. The number of carbonyl (C=O) groups is 1. The monoisotopic (exact) mass is 409 g/mol. The number of amides is 1. The summed E-state index contributed by atoms with van der Waals surface area (Å²) in [6.45, 7) is 1.73. The minimum atomic E-state index is -3.90. The third-order valence-corrected chi connectivity index (χ3v) is 4.87. The number of benzene rings is 2. The van der Waals surface area contributed by atoms with Gasteiger partial charge in [-0.05, 0) is 52.3 Å². The number of fused-ring (bicyclic) bond motifs is 1. The molecule has 7 nitrogen and oxygen atoms in total. The van der Waals surface area contributed by atoms with E-state index in [1.807, 2.05) is 0 Å². The fraction of sp³-hybridized carbons (Fsp3) is 0.0667. The summed E-state index contributed by atoms with van der Waals surface area (Å²) in [6.07, 6.45) is 0. The topological polar surface area (TPSA) is 115 Å². The molecule has 0 aliphatic rings. The first-order chi connectivity index (χ1) is 11.2. The second-order valence-corrected chi connectivity index (χ2v) is 7.47. The summed E-state index contributed by atoms with van der Waals surface area (Å²) in [7, 11) is -3.90. The van der Waals surface area contributed by atoms with E-state index >= 15 is 0 Å². The number of carbonyl (C=O) groups excluding carboxylic acids is 1. The molecule has 1 amide bonds. The number of aromatic nitrogens is 1. The Balaban J connectivity index is 1.93. The highest BCUT2D eigenvalue weighted by atomic mass is 79.9. The Morgan fingerprint density at radius 2 is 2.00 bits per heavy atom. The highest BCUT2D eigenvalue weighted by Gasteiger charge is 2.16. The number of aryl methyl sites for hydroxylation is 1. The van der Waals surface area contributed by atoms with Crippen LogP contribution in [0.3, 0.4) is 0 Å². The van der Waals surface area contributed by atoms with Crippen LogP contribution in [0.15, 0.2) is 50.2 Å². The van der Waals surface area contributed by atoms with E-state index in [1.165, 1.54) is 18.2 Å². The number of hydrogen-bond acceptors (Lipinski definition) is 5. The summed E-state index contributed by atoms with van der Waals surface area (Å²) in [4.78, 5) is 16.5.